The second-order valence-corrected chi connectivity index (χ2v) is 3.72. The highest BCUT2D eigenvalue weighted by Crippen LogP contribution is 2.31. The summed E-state index contributed by atoms with van der Waals surface area (Å²) in [5.74, 6) is 2.04. The summed E-state index contributed by atoms with van der Waals surface area (Å²) >= 11 is 0. The van der Waals surface area contributed by atoms with Crippen molar-refractivity contribution in [1.29, 1.82) is 0 Å². The molecule has 2 N–H and O–H groups in total. The van der Waals surface area contributed by atoms with Gasteiger partial charge < -0.3 is 15.2 Å². The van der Waals surface area contributed by atoms with E-state index < -0.39 is 0 Å². The van der Waals surface area contributed by atoms with Crippen LogP contribution >= 0.6 is 0 Å². The minimum absolute atomic E-state index is 0.365. The van der Waals surface area contributed by atoms with Gasteiger partial charge in [-0.05, 0) is 24.1 Å². The van der Waals surface area contributed by atoms with Crippen molar-refractivity contribution in [2.45, 2.75) is 13.3 Å². The van der Waals surface area contributed by atoms with Crippen molar-refractivity contribution in [3.63, 3.8) is 0 Å². The fourth-order valence-corrected chi connectivity index (χ4v) is 1.54. The van der Waals surface area contributed by atoms with Crippen LogP contribution in [-0.2, 0) is 6.42 Å². The first-order chi connectivity index (χ1) is 8.72. The Morgan fingerprint density at radius 2 is 2.00 bits per heavy atom. The molecule has 94 valence electrons. The van der Waals surface area contributed by atoms with E-state index >= 15 is 0 Å². The molecule has 0 spiro atoms. The van der Waals surface area contributed by atoms with Gasteiger partial charge >= 0.3 is 0 Å². The molecule has 1 aromatic heterocycles. The quantitative estimate of drug-likeness (QED) is 0.895. The molecule has 0 radical (unpaired) electrons. The third kappa shape index (κ3) is 2.68. The van der Waals surface area contributed by atoms with E-state index in [-0.39, 0.29) is 0 Å². The topological polar surface area (TPSA) is 70.3 Å². The van der Waals surface area contributed by atoms with Crippen molar-refractivity contribution < 1.29 is 9.47 Å². The smallest absolute Gasteiger partial charge is 0.224 e. The molecule has 0 aliphatic heterocycles. The highest BCUT2D eigenvalue weighted by molar-refractivity contribution is 5.45. The summed E-state index contributed by atoms with van der Waals surface area (Å²) in [5.41, 5.74) is 6.75. The molecule has 5 nitrogen and oxygen atoms in total. The minimum atomic E-state index is 0.365. The zero-order chi connectivity index (χ0) is 13.0. The zero-order valence-electron chi connectivity index (χ0n) is 10.4. The van der Waals surface area contributed by atoms with E-state index in [0.29, 0.717) is 23.2 Å². The van der Waals surface area contributed by atoms with Crippen LogP contribution in [0.1, 0.15) is 12.5 Å². The highest BCUT2D eigenvalue weighted by atomic mass is 16.5. The maximum Gasteiger partial charge on any atom is 0.224 e. The van der Waals surface area contributed by atoms with E-state index in [4.69, 9.17) is 15.2 Å². The Morgan fingerprint density at radius 3 is 2.67 bits per heavy atom. The monoisotopic (exact) mass is 245 g/mol. The Morgan fingerprint density at radius 1 is 1.17 bits per heavy atom. The predicted octanol–water partition coefficient (Wildman–Crippen LogP) is 2.42. The summed E-state index contributed by atoms with van der Waals surface area (Å²) in [4.78, 5) is 7.79. The molecule has 0 saturated carbocycles. The first kappa shape index (κ1) is 12.2. The third-order valence-corrected chi connectivity index (χ3v) is 2.51. The standard InChI is InChI=1S/C13H15N3O2/c1-3-9-4-5-10(11(6-9)17-2)18-13-7-12(14)15-8-16-13/h4-8H,3H2,1-2H3,(H2,14,15,16). The molecule has 2 aromatic rings. The third-order valence-electron chi connectivity index (χ3n) is 2.51. The number of ether oxygens (including phenoxy) is 2. The number of rotatable bonds is 4. The summed E-state index contributed by atoms with van der Waals surface area (Å²) in [7, 11) is 1.61. The van der Waals surface area contributed by atoms with E-state index in [0.717, 1.165) is 6.42 Å². The van der Waals surface area contributed by atoms with Crippen LogP contribution < -0.4 is 15.2 Å². The van der Waals surface area contributed by atoms with Crippen molar-refractivity contribution in [2.24, 2.45) is 0 Å². The summed E-state index contributed by atoms with van der Waals surface area (Å²) in [6, 6.07) is 7.35. The molecule has 1 aromatic carbocycles. The van der Waals surface area contributed by atoms with Gasteiger partial charge in [0.25, 0.3) is 0 Å². The lowest BCUT2D eigenvalue weighted by atomic mass is 10.1. The van der Waals surface area contributed by atoms with Gasteiger partial charge in [-0.2, -0.15) is 0 Å². The molecule has 0 unspecified atom stereocenters. The average Bonchev–Trinajstić information content (AvgIpc) is 2.39. The lowest BCUT2D eigenvalue weighted by Crippen LogP contribution is -1.96. The summed E-state index contributed by atoms with van der Waals surface area (Å²) in [6.07, 6.45) is 2.30. The molecular formula is C13H15N3O2. The number of aromatic nitrogens is 2. The van der Waals surface area contributed by atoms with Gasteiger partial charge in [-0.25, -0.2) is 9.97 Å². The van der Waals surface area contributed by atoms with E-state index in [9.17, 15) is 0 Å². The van der Waals surface area contributed by atoms with Gasteiger partial charge in [0.2, 0.25) is 5.88 Å². The zero-order valence-corrected chi connectivity index (χ0v) is 10.4. The van der Waals surface area contributed by atoms with Crippen molar-refractivity contribution in [1.82, 2.24) is 9.97 Å². The molecule has 5 heteroatoms. The lowest BCUT2D eigenvalue weighted by Gasteiger charge is -2.10. The molecule has 18 heavy (non-hydrogen) atoms. The summed E-state index contributed by atoms with van der Waals surface area (Å²) < 4.78 is 10.9. The van der Waals surface area contributed by atoms with Crippen molar-refractivity contribution in [3.8, 4) is 17.4 Å². The van der Waals surface area contributed by atoms with Crippen LogP contribution in [0.5, 0.6) is 17.4 Å². The van der Waals surface area contributed by atoms with Gasteiger partial charge in [-0.3, -0.25) is 0 Å². The van der Waals surface area contributed by atoms with Gasteiger partial charge in [0.05, 0.1) is 7.11 Å². The van der Waals surface area contributed by atoms with E-state index in [1.807, 2.05) is 18.2 Å². The van der Waals surface area contributed by atoms with Crippen LogP contribution in [0.3, 0.4) is 0 Å². The van der Waals surface area contributed by atoms with Crippen molar-refractivity contribution >= 4 is 5.82 Å². The van der Waals surface area contributed by atoms with Crippen LogP contribution in [-0.4, -0.2) is 17.1 Å². The van der Waals surface area contributed by atoms with Gasteiger partial charge in [0, 0.05) is 6.07 Å². The second-order valence-electron chi connectivity index (χ2n) is 3.72. The van der Waals surface area contributed by atoms with Crippen LogP contribution in [0.2, 0.25) is 0 Å². The number of hydrogen-bond donors (Lipinski definition) is 1. The first-order valence-corrected chi connectivity index (χ1v) is 5.65. The van der Waals surface area contributed by atoms with Crippen molar-refractivity contribution in [3.05, 3.63) is 36.2 Å². The first-order valence-electron chi connectivity index (χ1n) is 5.65. The Bertz CT molecular complexity index is 544. The lowest BCUT2D eigenvalue weighted by molar-refractivity contribution is 0.373. The fourth-order valence-electron chi connectivity index (χ4n) is 1.54. The fraction of sp³-hybridized carbons (Fsp3) is 0.231. The number of anilines is 1. The van der Waals surface area contributed by atoms with Gasteiger partial charge in [-0.1, -0.05) is 13.0 Å². The van der Waals surface area contributed by atoms with E-state index in [1.54, 1.807) is 13.2 Å². The number of nitrogens with two attached hydrogens (primary N) is 1. The number of nitrogens with zero attached hydrogens (tertiary/aromatic N) is 2. The summed E-state index contributed by atoms with van der Waals surface area (Å²) in [5, 5.41) is 0. The molecule has 1 heterocycles. The number of nitrogen functional groups attached to an aromatic ring is 1. The van der Waals surface area contributed by atoms with Crippen LogP contribution in [0, 0.1) is 0 Å². The Balaban J connectivity index is 2.28. The maximum atomic E-state index is 5.62. The Labute approximate surface area is 106 Å². The minimum Gasteiger partial charge on any atom is -0.493 e. The molecule has 0 atom stereocenters. The molecular weight excluding hydrogens is 230 g/mol. The predicted molar refractivity (Wildman–Crippen MR) is 68.9 cm³/mol. The van der Waals surface area contributed by atoms with Crippen LogP contribution in [0.4, 0.5) is 5.82 Å². The number of hydrogen-bond acceptors (Lipinski definition) is 5. The second kappa shape index (κ2) is 5.35. The summed E-state index contributed by atoms with van der Waals surface area (Å²) in [6.45, 7) is 2.08. The number of benzene rings is 1. The molecule has 0 bridgehead atoms. The molecule has 0 aliphatic carbocycles. The van der Waals surface area contributed by atoms with Gasteiger partial charge in [0.1, 0.15) is 12.1 Å². The maximum absolute atomic E-state index is 5.62. The SMILES string of the molecule is CCc1ccc(Oc2cc(N)ncn2)c(OC)c1. The molecule has 0 amide bonds. The largest absolute Gasteiger partial charge is 0.493 e. The molecule has 0 saturated heterocycles. The molecule has 0 fully saturated rings. The van der Waals surface area contributed by atoms with Gasteiger partial charge in [-0.15, -0.1) is 0 Å². The van der Waals surface area contributed by atoms with Gasteiger partial charge in [0.15, 0.2) is 11.5 Å². The van der Waals surface area contributed by atoms with E-state index in [1.165, 1.54) is 11.9 Å². The van der Waals surface area contributed by atoms with Crippen LogP contribution in [0.25, 0.3) is 0 Å². The van der Waals surface area contributed by atoms with Crippen LogP contribution in [0.15, 0.2) is 30.6 Å². The van der Waals surface area contributed by atoms with Crippen molar-refractivity contribution in [2.75, 3.05) is 12.8 Å². The molecule has 0 aliphatic rings. The number of aryl methyl sites for hydroxylation is 1. The Hall–Kier alpha value is -2.30. The normalized spacial score (nSPS) is 10.1. The average molecular weight is 245 g/mol. The highest BCUT2D eigenvalue weighted by Gasteiger charge is 2.07. The molecule has 2 rings (SSSR count). The Kier molecular flexibility index (Phi) is 3.62. The number of methoxy groups -OCH3 is 1. The van der Waals surface area contributed by atoms with E-state index in [2.05, 4.69) is 16.9 Å².